The molecule has 3 rings (SSSR count). The molecule has 20 heavy (non-hydrogen) atoms. The molecule has 98 valence electrons. The Hall–Kier alpha value is -2.27. The van der Waals surface area contributed by atoms with Crippen LogP contribution in [0.1, 0.15) is 20.8 Å². The van der Waals surface area contributed by atoms with Crippen molar-refractivity contribution in [2.45, 2.75) is 0 Å². The Labute approximate surface area is 123 Å². The largest absolute Gasteiger partial charge is 0.352 e. The molecule has 1 aliphatic rings. The summed E-state index contributed by atoms with van der Waals surface area (Å²) in [6, 6.07) is 10.6. The quantitative estimate of drug-likeness (QED) is 0.919. The van der Waals surface area contributed by atoms with Crippen LogP contribution in [0.3, 0.4) is 0 Å². The van der Waals surface area contributed by atoms with Crippen LogP contribution in [-0.2, 0) is 0 Å². The molecule has 0 spiro atoms. The van der Waals surface area contributed by atoms with Crippen LogP contribution in [-0.4, -0.2) is 16.6 Å². The smallest absolute Gasteiger partial charge is 0.211 e. The summed E-state index contributed by atoms with van der Waals surface area (Å²) in [4.78, 5) is 28.2. The van der Waals surface area contributed by atoms with E-state index in [-0.39, 0.29) is 23.0 Å². The number of benzene rings is 1. The lowest BCUT2D eigenvalue weighted by Gasteiger charge is -2.15. The molecule has 0 saturated heterocycles. The average molecular weight is 329 g/mol. The van der Waals surface area contributed by atoms with Crippen LogP contribution in [0.25, 0.3) is 0 Å². The van der Waals surface area contributed by atoms with Gasteiger partial charge in [0.25, 0.3) is 0 Å². The molecule has 0 aliphatic heterocycles. The predicted octanol–water partition coefficient (Wildman–Crippen LogP) is 3.22. The third-order valence-electron chi connectivity index (χ3n) is 2.93. The summed E-state index contributed by atoms with van der Waals surface area (Å²) in [6.07, 6.45) is 2.80. The minimum absolute atomic E-state index is 0.207. The van der Waals surface area contributed by atoms with Gasteiger partial charge in [0.1, 0.15) is 5.69 Å². The maximum atomic E-state index is 12.3. The number of halogens is 1. The summed E-state index contributed by atoms with van der Waals surface area (Å²) in [6.45, 7) is 0. The Bertz CT molecular complexity index is 736. The van der Waals surface area contributed by atoms with E-state index >= 15 is 0 Å². The van der Waals surface area contributed by atoms with Crippen LogP contribution < -0.4 is 5.32 Å². The average Bonchev–Trinajstić information content (AvgIpc) is 2.47. The number of Topliss-reactive ketones (excluding diaryl/α,β-unsaturated/α-hetero) is 1. The molecule has 5 heteroatoms. The second-order valence-corrected chi connectivity index (χ2v) is 5.20. The van der Waals surface area contributed by atoms with Gasteiger partial charge in [-0.3, -0.25) is 14.6 Å². The number of nitrogens with one attached hydrogen (secondary N) is 1. The molecular weight excluding hydrogens is 320 g/mol. The van der Waals surface area contributed by atoms with Crippen molar-refractivity contribution in [3.63, 3.8) is 0 Å². The highest BCUT2D eigenvalue weighted by Gasteiger charge is 2.26. The topological polar surface area (TPSA) is 59.1 Å². The van der Waals surface area contributed by atoms with Gasteiger partial charge in [-0.1, -0.05) is 15.9 Å². The van der Waals surface area contributed by atoms with Crippen molar-refractivity contribution in [2.75, 3.05) is 5.32 Å². The van der Waals surface area contributed by atoms with E-state index in [9.17, 15) is 9.59 Å². The number of aromatic nitrogens is 1. The van der Waals surface area contributed by atoms with Crippen molar-refractivity contribution in [3.8, 4) is 0 Å². The molecule has 0 amide bonds. The van der Waals surface area contributed by atoms with Crippen molar-refractivity contribution in [3.05, 3.63) is 70.1 Å². The van der Waals surface area contributed by atoms with E-state index < -0.39 is 0 Å². The number of carbonyl (C=O) groups excluding carboxylic acids is 2. The molecule has 0 bridgehead atoms. The van der Waals surface area contributed by atoms with Crippen molar-refractivity contribution >= 4 is 33.2 Å². The van der Waals surface area contributed by atoms with E-state index in [1.54, 1.807) is 12.1 Å². The van der Waals surface area contributed by atoms with Gasteiger partial charge in [-0.2, -0.15) is 0 Å². The summed E-state index contributed by atoms with van der Waals surface area (Å²) in [7, 11) is 0. The number of ketones is 2. The Morgan fingerprint density at radius 3 is 2.55 bits per heavy atom. The number of nitrogens with zero attached hydrogens (tertiary/aromatic N) is 1. The number of pyridine rings is 1. The molecule has 0 unspecified atom stereocenters. The van der Waals surface area contributed by atoms with Gasteiger partial charge in [-0.15, -0.1) is 0 Å². The molecule has 0 atom stereocenters. The molecule has 0 radical (unpaired) electrons. The zero-order valence-electron chi connectivity index (χ0n) is 10.3. The standard InChI is InChI=1S/C15H9BrN2O2/c16-9-3-5-10(6-4-9)18-12-8-13(19)14-11(15(12)20)2-1-7-17-14/h1-8,18H. The highest BCUT2D eigenvalue weighted by molar-refractivity contribution is 9.10. The van der Waals surface area contributed by atoms with Gasteiger partial charge in [0.15, 0.2) is 0 Å². The Morgan fingerprint density at radius 1 is 1.05 bits per heavy atom. The summed E-state index contributed by atoms with van der Waals surface area (Å²) in [5.74, 6) is -0.490. The van der Waals surface area contributed by atoms with Crippen LogP contribution in [0.2, 0.25) is 0 Å². The summed E-state index contributed by atoms with van der Waals surface area (Å²) >= 11 is 3.34. The molecule has 1 aromatic heterocycles. The van der Waals surface area contributed by atoms with Gasteiger partial charge in [0, 0.05) is 22.4 Å². The van der Waals surface area contributed by atoms with Gasteiger partial charge in [0.05, 0.1) is 11.3 Å². The van der Waals surface area contributed by atoms with Crippen molar-refractivity contribution in [2.24, 2.45) is 0 Å². The number of hydrogen-bond donors (Lipinski definition) is 1. The van der Waals surface area contributed by atoms with Crippen molar-refractivity contribution in [1.82, 2.24) is 4.98 Å². The van der Waals surface area contributed by atoms with Crippen LogP contribution >= 0.6 is 15.9 Å². The van der Waals surface area contributed by atoms with E-state index in [1.165, 1.54) is 12.3 Å². The molecule has 2 aromatic rings. The molecule has 0 fully saturated rings. The van der Waals surface area contributed by atoms with Crippen LogP contribution in [0, 0.1) is 0 Å². The first-order chi connectivity index (χ1) is 9.65. The van der Waals surface area contributed by atoms with Gasteiger partial charge in [-0.05, 0) is 36.4 Å². The first-order valence-corrected chi connectivity index (χ1v) is 6.73. The lowest BCUT2D eigenvalue weighted by Crippen LogP contribution is -2.22. The second-order valence-electron chi connectivity index (χ2n) is 4.28. The fraction of sp³-hybridized carbons (Fsp3) is 0. The minimum atomic E-state index is -0.264. The Balaban J connectivity index is 1.94. The van der Waals surface area contributed by atoms with Crippen molar-refractivity contribution < 1.29 is 9.59 Å². The minimum Gasteiger partial charge on any atom is -0.352 e. The summed E-state index contributed by atoms with van der Waals surface area (Å²) in [5.41, 5.74) is 1.55. The third-order valence-corrected chi connectivity index (χ3v) is 3.46. The van der Waals surface area contributed by atoms with Gasteiger partial charge < -0.3 is 5.32 Å². The zero-order valence-corrected chi connectivity index (χ0v) is 11.8. The monoisotopic (exact) mass is 328 g/mol. The normalized spacial score (nSPS) is 13.8. The van der Waals surface area contributed by atoms with Crippen molar-refractivity contribution in [1.29, 1.82) is 0 Å². The zero-order chi connectivity index (χ0) is 14.1. The summed E-state index contributed by atoms with van der Waals surface area (Å²) < 4.78 is 0.942. The molecule has 4 nitrogen and oxygen atoms in total. The molecule has 1 N–H and O–H groups in total. The Morgan fingerprint density at radius 2 is 1.80 bits per heavy atom. The predicted molar refractivity (Wildman–Crippen MR) is 78.7 cm³/mol. The lowest BCUT2D eigenvalue weighted by molar-refractivity contribution is 0.0982. The van der Waals surface area contributed by atoms with Crippen LogP contribution in [0.5, 0.6) is 0 Å². The fourth-order valence-electron chi connectivity index (χ4n) is 1.98. The SMILES string of the molecule is O=C1C(Nc2ccc(Br)cc2)=CC(=O)c2ncccc21. The first kappa shape index (κ1) is 12.7. The number of carbonyl (C=O) groups is 2. The second kappa shape index (κ2) is 5.02. The Kier molecular flexibility index (Phi) is 3.20. The number of rotatable bonds is 2. The van der Waals surface area contributed by atoms with E-state index in [4.69, 9.17) is 0 Å². The highest BCUT2D eigenvalue weighted by atomic mass is 79.9. The van der Waals surface area contributed by atoms with E-state index in [0.29, 0.717) is 5.56 Å². The number of anilines is 1. The molecule has 0 saturated carbocycles. The molecule has 1 aromatic carbocycles. The number of fused-ring (bicyclic) bond motifs is 1. The van der Waals surface area contributed by atoms with E-state index in [2.05, 4.69) is 26.2 Å². The van der Waals surface area contributed by atoms with E-state index in [0.717, 1.165) is 10.2 Å². The maximum absolute atomic E-state index is 12.3. The molecular formula is C15H9BrN2O2. The first-order valence-electron chi connectivity index (χ1n) is 5.93. The summed E-state index contributed by atoms with van der Waals surface area (Å²) in [5, 5.41) is 2.97. The molecule has 1 heterocycles. The van der Waals surface area contributed by atoms with Crippen LogP contribution in [0.4, 0.5) is 5.69 Å². The maximum Gasteiger partial charge on any atom is 0.211 e. The van der Waals surface area contributed by atoms with Gasteiger partial charge in [0.2, 0.25) is 11.6 Å². The van der Waals surface area contributed by atoms with Gasteiger partial charge in [-0.25, -0.2) is 0 Å². The number of allylic oxidation sites excluding steroid dienone is 2. The van der Waals surface area contributed by atoms with Gasteiger partial charge >= 0.3 is 0 Å². The number of hydrogen-bond acceptors (Lipinski definition) is 4. The highest BCUT2D eigenvalue weighted by Crippen LogP contribution is 2.22. The molecule has 1 aliphatic carbocycles. The fourth-order valence-corrected chi connectivity index (χ4v) is 2.24. The third kappa shape index (κ3) is 2.28. The van der Waals surface area contributed by atoms with Crippen LogP contribution in [0.15, 0.2) is 58.8 Å². The lowest BCUT2D eigenvalue weighted by atomic mass is 9.97. The van der Waals surface area contributed by atoms with E-state index in [1.807, 2.05) is 24.3 Å².